The van der Waals surface area contributed by atoms with Crippen molar-refractivity contribution in [1.82, 2.24) is 4.57 Å². The summed E-state index contributed by atoms with van der Waals surface area (Å²) in [6.07, 6.45) is 0. The van der Waals surface area contributed by atoms with Gasteiger partial charge in [-0.15, -0.1) is 0 Å². The van der Waals surface area contributed by atoms with Gasteiger partial charge >= 0.3 is 0 Å². The molecule has 0 aliphatic rings. The third-order valence-electron chi connectivity index (χ3n) is 5.11. The molecule has 0 saturated heterocycles. The summed E-state index contributed by atoms with van der Waals surface area (Å²) < 4.78 is 2.05. The van der Waals surface area contributed by atoms with Crippen molar-refractivity contribution in [2.75, 3.05) is 6.54 Å². The summed E-state index contributed by atoms with van der Waals surface area (Å²) in [7, 11) is 0. The second-order valence-electron chi connectivity index (χ2n) is 6.88. The molecule has 0 radical (unpaired) electrons. The number of nitrogens with zero attached hydrogens (tertiary/aromatic N) is 2. The fourth-order valence-corrected chi connectivity index (χ4v) is 3.78. The van der Waals surface area contributed by atoms with Crippen LogP contribution >= 0.6 is 0 Å². The summed E-state index contributed by atoms with van der Waals surface area (Å²) in [5, 5.41) is 0. The highest BCUT2D eigenvalue weighted by Gasteiger charge is 2.26. The highest BCUT2D eigenvalue weighted by Crippen LogP contribution is 2.26. The van der Waals surface area contributed by atoms with Crippen LogP contribution in [0, 0.1) is 6.92 Å². The van der Waals surface area contributed by atoms with E-state index in [1.54, 1.807) is 12.1 Å². The molecule has 0 unspecified atom stereocenters. The lowest BCUT2D eigenvalue weighted by molar-refractivity contribution is 0.103. The van der Waals surface area contributed by atoms with Crippen molar-refractivity contribution < 1.29 is 4.79 Å². The molecule has 148 valence electrons. The summed E-state index contributed by atoms with van der Waals surface area (Å²) in [5.74, 6) is -0.250. The normalized spacial score (nSPS) is 11.5. The standard InChI is InChI=1S/C25H26N2O2/c1-5-26-17(3)21-23(19-13-9-7-10-14-19)27(6-2)18(4)22(25(21)29)24(28)20-15-11-8-12-16-20/h7-16H,5-6H2,1-4H3. The number of carbonyl (C=O) groups excluding carboxylic acids is 1. The number of pyridine rings is 1. The highest BCUT2D eigenvalue weighted by atomic mass is 16.1. The van der Waals surface area contributed by atoms with Crippen molar-refractivity contribution >= 4 is 11.5 Å². The molecule has 3 aromatic rings. The summed E-state index contributed by atoms with van der Waals surface area (Å²) in [4.78, 5) is 31.5. The zero-order chi connectivity index (χ0) is 21.0. The molecule has 0 spiro atoms. The first-order chi connectivity index (χ1) is 14.0. The Kier molecular flexibility index (Phi) is 6.23. The van der Waals surface area contributed by atoms with Crippen LogP contribution in [0.4, 0.5) is 0 Å². The maximum atomic E-state index is 13.7. The van der Waals surface area contributed by atoms with E-state index >= 15 is 0 Å². The molecule has 4 heteroatoms. The Hall–Kier alpha value is -3.27. The molecule has 0 N–H and O–H groups in total. The van der Waals surface area contributed by atoms with Gasteiger partial charge in [-0.3, -0.25) is 14.6 Å². The van der Waals surface area contributed by atoms with E-state index in [1.807, 2.05) is 76.2 Å². The number of rotatable bonds is 6. The van der Waals surface area contributed by atoms with Gasteiger partial charge in [0.2, 0.25) is 5.43 Å². The molecular formula is C25H26N2O2. The van der Waals surface area contributed by atoms with Crippen LogP contribution in [0.3, 0.4) is 0 Å². The lowest BCUT2D eigenvalue weighted by Crippen LogP contribution is -2.29. The first kappa shape index (κ1) is 20.5. The third-order valence-corrected chi connectivity index (χ3v) is 5.11. The van der Waals surface area contributed by atoms with Crippen molar-refractivity contribution in [3.05, 3.63) is 93.3 Å². The van der Waals surface area contributed by atoms with Crippen molar-refractivity contribution in [3.8, 4) is 11.3 Å². The number of hydrogen-bond donors (Lipinski definition) is 0. The zero-order valence-electron chi connectivity index (χ0n) is 17.4. The van der Waals surface area contributed by atoms with Gasteiger partial charge in [-0.2, -0.15) is 0 Å². The van der Waals surface area contributed by atoms with Gasteiger partial charge in [0.25, 0.3) is 0 Å². The smallest absolute Gasteiger partial charge is 0.202 e. The monoisotopic (exact) mass is 386 g/mol. The van der Waals surface area contributed by atoms with Crippen LogP contribution < -0.4 is 5.43 Å². The fourth-order valence-electron chi connectivity index (χ4n) is 3.78. The maximum Gasteiger partial charge on any atom is 0.202 e. The quantitative estimate of drug-likeness (QED) is 0.447. The Balaban J connectivity index is 2.42. The van der Waals surface area contributed by atoms with Crippen molar-refractivity contribution in [1.29, 1.82) is 0 Å². The Bertz CT molecular complexity index is 1110. The number of hydrogen-bond acceptors (Lipinski definition) is 3. The molecule has 0 bridgehead atoms. The molecule has 2 aromatic carbocycles. The fraction of sp³-hybridized carbons (Fsp3) is 0.240. The maximum absolute atomic E-state index is 13.7. The number of aromatic nitrogens is 1. The van der Waals surface area contributed by atoms with Crippen LogP contribution in [-0.2, 0) is 6.54 Å². The van der Waals surface area contributed by atoms with Gasteiger partial charge in [-0.1, -0.05) is 60.7 Å². The first-order valence-electron chi connectivity index (χ1n) is 9.95. The predicted octanol–water partition coefficient (Wildman–Crippen LogP) is 4.90. The molecule has 0 saturated carbocycles. The predicted molar refractivity (Wildman–Crippen MR) is 119 cm³/mol. The molecule has 0 fully saturated rings. The molecule has 0 aliphatic heterocycles. The Morgan fingerprint density at radius 2 is 1.52 bits per heavy atom. The molecule has 0 aliphatic carbocycles. The molecule has 1 heterocycles. The molecule has 1 aromatic heterocycles. The van der Waals surface area contributed by atoms with Crippen LogP contribution in [0.15, 0.2) is 70.5 Å². The molecule has 29 heavy (non-hydrogen) atoms. The van der Waals surface area contributed by atoms with Crippen LogP contribution in [0.2, 0.25) is 0 Å². The van der Waals surface area contributed by atoms with Crippen molar-refractivity contribution in [3.63, 3.8) is 0 Å². The van der Waals surface area contributed by atoms with Gasteiger partial charge in [0.15, 0.2) is 5.78 Å². The van der Waals surface area contributed by atoms with Crippen LogP contribution in [0.25, 0.3) is 11.3 Å². The van der Waals surface area contributed by atoms with Crippen LogP contribution in [-0.4, -0.2) is 22.6 Å². The van der Waals surface area contributed by atoms with E-state index in [0.717, 1.165) is 11.3 Å². The lowest BCUT2D eigenvalue weighted by Gasteiger charge is -2.22. The summed E-state index contributed by atoms with van der Waals surface area (Å²) >= 11 is 0. The number of carbonyl (C=O) groups is 1. The summed E-state index contributed by atoms with van der Waals surface area (Å²) in [6.45, 7) is 8.87. The average Bonchev–Trinajstić information content (AvgIpc) is 2.74. The molecule has 0 amide bonds. The zero-order valence-corrected chi connectivity index (χ0v) is 17.4. The van der Waals surface area contributed by atoms with E-state index < -0.39 is 0 Å². The van der Waals surface area contributed by atoms with Gasteiger partial charge in [-0.05, 0) is 33.3 Å². The second kappa shape index (κ2) is 8.82. The highest BCUT2D eigenvalue weighted by molar-refractivity contribution is 6.12. The molecule has 4 nitrogen and oxygen atoms in total. The molecule has 3 rings (SSSR count). The van der Waals surface area contributed by atoms with Crippen LogP contribution in [0.1, 0.15) is 48.0 Å². The Morgan fingerprint density at radius 3 is 2.07 bits per heavy atom. The van der Waals surface area contributed by atoms with E-state index in [1.165, 1.54) is 0 Å². The Labute approximate surface area is 171 Å². The number of aliphatic imine (C=N–C) groups is 1. The number of ketones is 1. The minimum Gasteiger partial charge on any atom is -0.344 e. The third kappa shape index (κ3) is 3.83. The van der Waals surface area contributed by atoms with Gasteiger partial charge in [-0.25, -0.2) is 0 Å². The van der Waals surface area contributed by atoms with E-state index in [-0.39, 0.29) is 16.8 Å². The first-order valence-corrected chi connectivity index (χ1v) is 9.95. The largest absolute Gasteiger partial charge is 0.344 e. The lowest BCUT2D eigenvalue weighted by atomic mass is 9.94. The van der Waals surface area contributed by atoms with E-state index in [4.69, 9.17) is 0 Å². The topological polar surface area (TPSA) is 51.4 Å². The summed E-state index contributed by atoms with van der Waals surface area (Å²) in [6, 6.07) is 18.8. The van der Waals surface area contributed by atoms with Gasteiger partial charge < -0.3 is 4.57 Å². The Morgan fingerprint density at radius 1 is 0.931 bits per heavy atom. The minimum atomic E-state index is -0.255. The minimum absolute atomic E-state index is 0.221. The van der Waals surface area contributed by atoms with E-state index in [2.05, 4.69) is 9.56 Å². The van der Waals surface area contributed by atoms with Gasteiger partial charge in [0.05, 0.1) is 16.8 Å². The summed E-state index contributed by atoms with van der Waals surface area (Å²) in [5.41, 5.74) is 4.07. The SMILES string of the molecule is CCN=C(C)c1c(-c2ccccc2)n(CC)c(C)c(C(=O)c2ccccc2)c1=O. The van der Waals surface area contributed by atoms with Crippen molar-refractivity contribution in [2.24, 2.45) is 4.99 Å². The van der Waals surface area contributed by atoms with Gasteiger partial charge in [0.1, 0.15) is 0 Å². The van der Waals surface area contributed by atoms with E-state index in [9.17, 15) is 9.59 Å². The van der Waals surface area contributed by atoms with Gasteiger partial charge in [0, 0.05) is 30.1 Å². The van der Waals surface area contributed by atoms with E-state index in [0.29, 0.717) is 35.6 Å². The van der Waals surface area contributed by atoms with Crippen molar-refractivity contribution in [2.45, 2.75) is 34.2 Å². The molecular weight excluding hydrogens is 360 g/mol. The molecule has 0 atom stereocenters. The van der Waals surface area contributed by atoms with Crippen LogP contribution in [0.5, 0.6) is 0 Å². The second-order valence-corrected chi connectivity index (χ2v) is 6.88. The number of benzene rings is 2. The average molecular weight is 386 g/mol.